The Morgan fingerprint density at radius 2 is 1.91 bits per heavy atom. The highest BCUT2D eigenvalue weighted by Gasteiger charge is 2.11. The van der Waals surface area contributed by atoms with Gasteiger partial charge in [0.1, 0.15) is 5.75 Å². The fourth-order valence-electron chi connectivity index (χ4n) is 1.63. The van der Waals surface area contributed by atoms with Gasteiger partial charge in [-0.25, -0.2) is 12.7 Å². The fourth-order valence-corrected chi connectivity index (χ4v) is 2.02. The molecule has 1 aromatic carbocycles. The summed E-state index contributed by atoms with van der Waals surface area (Å²) in [5, 5.41) is 2.82. The van der Waals surface area contributed by atoms with Crippen LogP contribution in [0.3, 0.4) is 0 Å². The van der Waals surface area contributed by atoms with E-state index in [1.807, 2.05) is 13.8 Å². The third-order valence-electron chi connectivity index (χ3n) is 3.28. The lowest BCUT2D eigenvalue weighted by atomic mass is 10.2. The first-order valence-electron chi connectivity index (χ1n) is 7.14. The number of nitrogens with one attached hydrogen (secondary N) is 1. The molecule has 22 heavy (non-hydrogen) atoms. The second-order valence-electron chi connectivity index (χ2n) is 5.33. The van der Waals surface area contributed by atoms with Gasteiger partial charge in [-0.05, 0) is 31.0 Å². The van der Waals surface area contributed by atoms with Crippen molar-refractivity contribution in [2.24, 2.45) is 0 Å². The zero-order chi connectivity index (χ0) is 16.8. The lowest BCUT2D eigenvalue weighted by molar-refractivity contribution is -0.123. The summed E-state index contributed by atoms with van der Waals surface area (Å²) < 4.78 is 29.4. The first-order valence-corrected chi connectivity index (χ1v) is 8.99. The van der Waals surface area contributed by atoms with Gasteiger partial charge in [-0.2, -0.15) is 0 Å². The third kappa shape index (κ3) is 6.44. The van der Waals surface area contributed by atoms with Crippen molar-refractivity contribution in [1.29, 1.82) is 0 Å². The number of carbonyl (C=O) groups is 1. The van der Waals surface area contributed by atoms with Crippen molar-refractivity contribution in [3.63, 3.8) is 0 Å². The van der Waals surface area contributed by atoms with E-state index in [1.165, 1.54) is 17.6 Å². The topological polar surface area (TPSA) is 75.7 Å². The molecule has 0 spiro atoms. The molecule has 1 rings (SSSR count). The van der Waals surface area contributed by atoms with Gasteiger partial charge in [0.15, 0.2) is 6.61 Å². The van der Waals surface area contributed by atoms with Gasteiger partial charge in [-0.1, -0.05) is 19.1 Å². The van der Waals surface area contributed by atoms with Crippen LogP contribution in [0.2, 0.25) is 0 Å². The summed E-state index contributed by atoms with van der Waals surface area (Å²) in [6.07, 6.45) is 2.04. The Balaban J connectivity index is 2.50. The van der Waals surface area contributed by atoms with Gasteiger partial charge in [0.05, 0.1) is 6.26 Å². The second kappa shape index (κ2) is 8.14. The third-order valence-corrected chi connectivity index (χ3v) is 4.55. The molecule has 1 atom stereocenters. The van der Waals surface area contributed by atoms with Crippen LogP contribution in [0.15, 0.2) is 24.3 Å². The molecule has 0 aliphatic heterocycles. The zero-order valence-corrected chi connectivity index (χ0v) is 14.3. The maximum Gasteiger partial charge on any atom is 0.258 e. The fraction of sp³-hybridized carbons (Fsp3) is 0.533. The van der Waals surface area contributed by atoms with Gasteiger partial charge in [0.2, 0.25) is 10.0 Å². The van der Waals surface area contributed by atoms with Gasteiger partial charge in [-0.15, -0.1) is 0 Å². The Kier molecular flexibility index (Phi) is 6.83. The molecule has 0 saturated heterocycles. The van der Waals surface area contributed by atoms with Crippen molar-refractivity contribution in [3.8, 4) is 5.75 Å². The van der Waals surface area contributed by atoms with E-state index in [4.69, 9.17) is 4.74 Å². The molecule has 6 nitrogen and oxygen atoms in total. The molecule has 1 aromatic rings. The van der Waals surface area contributed by atoms with Crippen molar-refractivity contribution in [1.82, 2.24) is 9.62 Å². The van der Waals surface area contributed by atoms with Gasteiger partial charge in [0, 0.05) is 19.6 Å². The Morgan fingerprint density at radius 3 is 2.41 bits per heavy atom. The maximum absolute atomic E-state index is 11.6. The molecule has 1 amide bonds. The number of nitrogens with zero attached hydrogens (tertiary/aromatic N) is 1. The molecule has 0 aliphatic carbocycles. The predicted molar refractivity (Wildman–Crippen MR) is 86.1 cm³/mol. The molecule has 124 valence electrons. The predicted octanol–water partition coefficient (Wildman–Crippen LogP) is 1.37. The number of hydrogen-bond donors (Lipinski definition) is 1. The number of benzene rings is 1. The first-order chi connectivity index (χ1) is 10.2. The molecule has 0 aromatic heterocycles. The highest BCUT2D eigenvalue weighted by atomic mass is 32.2. The minimum atomic E-state index is -3.20. The van der Waals surface area contributed by atoms with Crippen molar-refractivity contribution >= 4 is 15.9 Å². The van der Waals surface area contributed by atoms with Crippen LogP contribution in [0, 0.1) is 0 Å². The van der Waals surface area contributed by atoms with Crippen molar-refractivity contribution in [2.45, 2.75) is 32.9 Å². The molecule has 0 unspecified atom stereocenters. The van der Waals surface area contributed by atoms with Crippen molar-refractivity contribution in [3.05, 3.63) is 29.8 Å². The van der Waals surface area contributed by atoms with E-state index in [9.17, 15) is 13.2 Å². The SMILES string of the molecule is CC[C@@H](C)NC(=O)COc1ccc(CN(C)S(C)(=O)=O)cc1. The van der Waals surface area contributed by atoms with E-state index >= 15 is 0 Å². The largest absolute Gasteiger partial charge is 0.484 e. The van der Waals surface area contributed by atoms with Crippen molar-refractivity contribution < 1.29 is 17.9 Å². The maximum atomic E-state index is 11.6. The van der Waals surface area contributed by atoms with E-state index < -0.39 is 10.0 Å². The van der Waals surface area contributed by atoms with Crippen molar-refractivity contribution in [2.75, 3.05) is 19.9 Å². The standard InChI is InChI=1S/C15H24N2O4S/c1-5-12(2)16-15(18)11-21-14-8-6-13(7-9-14)10-17(3)22(4,19)20/h6-9,12H,5,10-11H2,1-4H3,(H,16,18)/t12-/m1/s1. The van der Waals surface area contributed by atoms with Crippen LogP contribution >= 0.6 is 0 Å². The summed E-state index contributed by atoms with van der Waals surface area (Å²) in [5.74, 6) is 0.417. The molecule has 0 radical (unpaired) electrons. The van der Waals surface area contributed by atoms with Crippen LogP contribution in [0.1, 0.15) is 25.8 Å². The average molecular weight is 328 g/mol. The molecular formula is C15H24N2O4S. The molecular weight excluding hydrogens is 304 g/mol. The summed E-state index contributed by atoms with van der Waals surface area (Å²) in [6, 6.07) is 7.14. The van der Waals surface area contributed by atoms with Crippen LogP contribution in [-0.2, 0) is 21.4 Å². The minimum absolute atomic E-state index is 0.0348. The van der Waals surface area contributed by atoms with Gasteiger partial charge in [-0.3, -0.25) is 4.79 Å². The van der Waals surface area contributed by atoms with E-state index in [1.54, 1.807) is 24.3 Å². The highest BCUT2D eigenvalue weighted by molar-refractivity contribution is 7.88. The Hall–Kier alpha value is -1.60. The van der Waals surface area contributed by atoms with Gasteiger partial charge in [0.25, 0.3) is 5.91 Å². The number of hydrogen-bond acceptors (Lipinski definition) is 4. The molecule has 0 saturated carbocycles. The number of amides is 1. The molecule has 0 aliphatic rings. The van der Waals surface area contributed by atoms with Gasteiger partial charge < -0.3 is 10.1 Å². The Morgan fingerprint density at radius 1 is 1.32 bits per heavy atom. The average Bonchev–Trinajstić information content (AvgIpc) is 2.45. The molecule has 0 bridgehead atoms. The van der Waals surface area contributed by atoms with Crippen LogP contribution in [0.5, 0.6) is 5.75 Å². The number of ether oxygens (including phenoxy) is 1. The van der Waals surface area contributed by atoms with E-state index in [-0.39, 0.29) is 18.6 Å². The minimum Gasteiger partial charge on any atom is -0.484 e. The highest BCUT2D eigenvalue weighted by Crippen LogP contribution is 2.14. The van der Waals surface area contributed by atoms with E-state index in [2.05, 4.69) is 5.32 Å². The van der Waals surface area contributed by atoms with Crippen LogP contribution in [0.4, 0.5) is 0 Å². The smallest absolute Gasteiger partial charge is 0.258 e. The molecule has 1 N–H and O–H groups in total. The first kappa shape index (κ1) is 18.4. The summed E-state index contributed by atoms with van der Waals surface area (Å²) in [5.41, 5.74) is 0.851. The molecule has 0 fully saturated rings. The number of carbonyl (C=O) groups excluding carboxylic acids is 1. The van der Waals surface area contributed by atoms with Crippen LogP contribution in [0.25, 0.3) is 0 Å². The summed E-state index contributed by atoms with van der Waals surface area (Å²) in [4.78, 5) is 11.6. The summed E-state index contributed by atoms with van der Waals surface area (Å²) in [6.45, 7) is 4.20. The van der Waals surface area contributed by atoms with E-state index in [0.29, 0.717) is 12.3 Å². The quantitative estimate of drug-likeness (QED) is 0.782. The summed E-state index contributed by atoms with van der Waals surface area (Å²) >= 11 is 0. The molecule has 7 heteroatoms. The Bertz CT molecular complexity index is 584. The second-order valence-corrected chi connectivity index (χ2v) is 7.42. The van der Waals surface area contributed by atoms with E-state index in [0.717, 1.165) is 12.0 Å². The Labute approximate surface area is 132 Å². The lowest BCUT2D eigenvalue weighted by Gasteiger charge is -2.14. The number of sulfonamides is 1. The molecule has 0 heterocycles. The normalized spacial score (nSPS) is 13.0. The monoisotopic (exact) mass is 328 g/mol. The van der Waals surface area contributed by atoms with Gasteiger partial charge >= 0.3 is 0 Å². The van der Waals surface area contributed by atoms with Crippen LogP contribution in [-0.4, -0.2) is 44.6 Å². The zero-order valence-electron chi connectivity index (χ0n) is 13.5. The number of rotatable bonds is 8. The lowest BCUT2D eigenvalue weighted by Crippen LogP contribution is -2.35. The summed E-state index contributed by atoms with van der Waals surface area (Å²) in [7, 11) is -1.67. The van der Waals surface area contributed by atoms with Crippen LogP contribution < -0.4 is 10.1 Å².